The Labute approximate surface area is 167 Å². The van der Waals surface area contributed by atoms with E-state index in [1.54, 1.807) is 13.3 Å². The van der Waals surface area contributed by atoms with Gasteiger partial charge >= 0.3 is 0 Å². The van der Waals surface area contributed by atoms with Crippen molar-refractivity contribution in [3.63, 3.8) is 0 Å². The number of nitrogens with zero attached hydrogens (tertiary/aromatic N) is 3. The number of benzene rings is 1. The fourth-order valence-corrected chi connectivity index (χ4v) is 3.37. The summed E-state index contributed by atoms with van der Waals surface area (Å²) in [4.78, 5) is 21.3. The van der Waals surface area contributed by atoms with Gasteiger partial charge < -0.3 is 19.9 Å². The highest BCUT2D eigenvalue weighted by Gasteiger charge is 2.18. The van der Waals surface area contributed by atoms with Gasteiger partial charge in [-0.25, -0.2) is 4.98 Å². The Bertz CT molecular complexity index is 738. The van der Waals surface area contributed by atoms with Crippen LogP contribution in [0.1, 0.15) is 36.5 Å². The highest BCUT2D eigenvalue weighted by atomic mass is 16.5. The minimum atomic E-state index is -0.0421. The van der Waals surface area contributed by atoms with Crippen molar-refractivity contribution in [3.05, 3.63) is 48.2 Å². The Hall–Kier alpha value is -2.76. The molecule has 1 aliphatic heterocycles. The van der Waals surface area contributed by atoms with Crippen LogP contribution in [0, 0.1) is 0 Å². The molecule has 2 heterocycles. The number of hydrogen-bond donors (Lipinski definition) is 1. The third-order valence-electron chi connectivity index (χ3n) is 5.12. The fourth-order valence-electron chi connectivity index (χ4n) is 3.37. The van der Waals surface area contributed by atoms with Gasteiger partial charge in [-0.05, 0) is 42.8 Å². The standard InChI is InChI=1S/C22H30N4O2/c1-3-4-5-12-23-22(27)18-6-11-21(24-17-18)26-15-13-25(14-16-26)19-7-9-20(28-2)10-8-19/h6-11,17H,3-5,12-16H2,1-2H3,(H,23,27). The van der Waals surface area contributed by atoms with Crippen LogP contribution >= 0.6 is 0 Å². The first kappa shape index (κ1) is 20.0. The molecule has 0 saturated carbocycles. The van der Waals surface area contributed by atoms with Gasteiger partial charge in [0, 0.05) is 44.6 Å². The van der Waals surface area contributed by atoms with Gasteiger partial charge in [-0.1, -0.05) is 19.8 Å². The zero-order valence-electron chi connectivity index (χ0n) is 16.9. The number of methoxy groups -OCH3 is 1. The van der Waals surface area contributed by atoms with E-state index in [0.717, 1.165) is 63.6 Å². The third-order valence-corrected chi connectivity index (χ3v) is 5.12. The Morgan fingerprint density at radius 3 is 2.36 bits per heavy atom. The average molecular weight is 383 g/mol. The molecule has 6 nitrogen and oxygen atoms in total. The first-order valence-electron chi connectivity index (χ1n) is 10.1. The molecule has 1 N–H and O–H groups in total. The van der Waals surface area contributed by atoms with Crippen LogP contribution in [0.15, 0.2) is 42.6 Å². The molecule has 1 aromatic carbocycles. The second-order valence-corrected chi connectivity index (χ2v) is 7.04. The predicted octanol–water partition coefficient (Wildman–Crippen LogP) is 3.34. The van der Waals surface area contributed by atoms with Crippen molar-refractivity contribution in [1.82, 2.24) is 10.3 Å². The molecule has 1 aromatic heterocycles. The maximum Gasteiger partial charge on any atom is 0.252 e. The SMILES string of the molecule is CCCCCNC(=O)c1ccc(N2CCN(c3ccc(OC)cc3)CC2)nc1. The number of pyridine rings is 1. The number of rotatable bonds is 8. The van der Waals surface area contributed by atoms with Crippen molar-refractivity contribution in [2.24, 2.45) is 0 Å². The topological polar surface area (TPSA) is 57.7 Å². The summed E-state index contributed by atoms with van der Waals surface area (Å²) < 4.78 is 5.23. The number of carbonyl (C=O) groups is 1. The number of aromatic nitrogens is 1. The second-order valence-electron chi connectivity index (χ2n) is 7.04. The average Bonchev–Trinajstić information content (AvgIpc) is 2.77. The summed E-state index contributed by atoms with van der Waals surface area (Å²) in [5.41, 5.74) is 1.83. The van der Waals surface area contributed by atoms with Gasteiger partial charge in [-0.3, -0.25) is 4.79 Å². The predicted molar refractivity (Wildman–Crippen MR) is 114 cm³/mol. The summed E-state index contributed by atoms with van der Waals surface area (Å²) >= 11 is 0. The number of nitrogens with one attached hydrogen (secondary N) is 1. The summed E-state index contributed by atoms with van der Waals surface area (Å²) in [5.74, 6) is 1.76. The minimum absolute atomic E-state index is 0.0421. The number of ether oxygens (including phenoxy) is 1. The highest BCUT2D eigenvalue weighted by molar-refractivity contribution is 5.94. The smallest absolute Gasteiger partial charge is 0.252 e. The van der Waals surface area contributed by atoms with Crippen LogP contribution in [0.4, 0.5) is 11.5 Å². The largest absolute Gasteiger partial charge is 0.497 e. The molecule has 1 aliphatic rings. The molecule has 1 saturated heterocycles. The van der Waals surface area contributed by atoms with E-state index >= 15 is 0 Å². The van der Waals surface area contributed by atoms with E-state index in [1.165, 1.54) is 5.69 Å². The van der Waals surface area contributed by atoms with E-state index in [0.29, 0.717) is 5.56 Å². The van der Waals surface area contributed by atoms with E-state index in [4.69, 9.17) is 4.74 Å². The van der Waals surface area contributed by atoms with E-state index in [9.17, 15) is 4.79 Å². The summed E-state index contributed by atoms with van der Waals surface area (Å²) in [5, 5.41) is 2.96. The first-order chi connectivity index (χ1) is 13.7. The molecule has 2 aromatic rings. The first-order valence-corrected chi connectivity index (χ1v) is 10.1. The van der Waals surface area contributed by atoms with Crippen molar-refractivity contribution in [3.8, 4) is 5.75 Å². The molecule has 3 rings (SSSR count). The van der Waals surface area contributed by atoms with Crippen molar-refractivity contribution < 1.29 is 9.53 Å². The molecule has 0 spiro atoms. The molecule has 0 atom stereocenters. The van der Waals surface area contributed by atoms with Gasteiger partial charge in [-0.2, -0.15) is 0 Å². The van der Waals surface area contributed by atoms with Crippen LogP contribution < -0.4 is 19.9 Å². The molecule has 6 heteroatoms. The van der Waals surface area contributed by atoms with Gasteiger partial charge in [0.15, 0.2) is 0 Å². The van der Waals surface area contributed by atoms with Crippen LogP contribution in [0.2, 0.25) is 0 Å². The number of amides is 1. The van der Waals surface area contributed by atoms with Crippen molar-refractivity contribution in [2.75, 3.05) is 49.6 Å². The summed E-state index contributed by atoms with van der Waals surface area (Å²) in [7, 11) is 1.68. The van der Waals surface area contributed by atoms with Crippen LogP contribution in [0.25, 0.3) is 0 Å². The Balaban J connectivity index is 1.50. The Kier molecular flexibility index (Phi) is 7.12. The van der Waals surface area contributed by atoms with E-state index in [-0.39, 0.29) is 5.91 Å². The van der Waals surface area contributed by atoms with Gasteiger partial charge in [0.2, 0.25) is 0 Å². The number of piperazine rings is 1. The molecule has 0 bridgehead atoms. The molecule has 0 unspecified atom stereocenters. The lowest BCUT2D eigenvalue weighted by Gasteiger charge is -2.36. The molecule has 1 fully saturated rings. The molecule has 1 amide bonds. The normalized spacial score (nSPS) is 14.1. The highest BCUT2D eigenvalue weighted by Crippen LogP contribution is 2.22. The van der Waals surface area contributed by atoms with Gasteiger partial charge in [0.1, 0.15) is 11.6 Å². The number of carbonyl (C=O) groups excluding carboxylic acids is 1. The summed E-state index contributed by atoms with van der Waals surface area (Å²) in [6.07, 6.45) is 4.99. The van der Waals surface area contributed by atoms with E-state index in [2.05, 4.69) is 39.2 Å². The van der Waals surface area contributed by atoms with Crippen LogP contribution in [-0.4, -0.2) is 50.7 Å². The third kappa shape index (κ3) is 5.15. The van der Waals surface area contributed by atoms with Crippen molar-refractivity contribution >= 4 is 17.4 Å². The van der Waals surface area contributed by atoms with Crippen LogP contribution in [0.5, 0.6) is 5.75 Å². The monoisotopic (exact) mass is 382 g/mol. The van der Waals surface area contributed by atoms with Crippen LogP contribution in [-0.2, 0) is 0 Å². The zero-order valence-corrected chi connectivity index (χ0v) is 16.9. The minimum Gasteiger partial charge on any atom is -0.497 e. The van der Waals surface area contributed by atoms with Crippen molar-refractivity contribution in [2.45, 2.75) is 26.2 Å². The Morgan fingerprint density at radius 2 is 1.75 bits per heavy atom. The van der Waals surface area contributed by atoms with Gasteiger partial charge in [-0.15, -0.1) is 0 Å². The maximum absolute atomic E-state index is 12.2. The van der Waals surface area contributed by atoms with E-state index < -0.39 is 0 Å². The molecule has 28 heavy (non-hydrogen) atoms. The lowest BCUT2D eigenvalue weighted by Crippen LogP contribution is -2.46. The fraction of sp³-hybridized carbons (Fsp3) is 0.455. The van der Waals surface area contributed by atoms with Crippen molar-refractivity contribution in [1.29, 1.82) is 0 Å². The second kappa shape index (κ2) is 9.97. The molecular formula is C22H30N4O2. The number of hydrogen-bond acceptors (Lipinski definition) is 5. The lowest BCUT2D eigenvalue weighted by molar-refractivity contribution is 0.0952. The molecular weight excluding hydrogens is 352 g/mol. The zero-order chi connectivity index (χ0) is 19.8. The van der Waals surface area contributed by atoms with Gasteiger partial charge in [0.25, 0.3) is 5.91 Å². The van der Waals surface area contributed by atoms with Crippen LogP contribution in [0.3, 0.4) is 0 Å². The van der Waals surface area contributed by atoms with E-state index in [1.807, 2.05) is 24.3 Å². The van der Waals surface area contributed by atoms with Gasteiger partial charge in [0.05, 0.1) is 12.7 Å². The molecule has 150 valence electrons. The lowest BCUT2D eigenvalue weighted by atomic mass is 10.2. The number of unbranched alkanes of at least 4 members (excludes halogenated alkanes) is 2. The maximum atomic E-state index is 12.2. The Morgan fingerprint density at radius 1 is 1.04 bits per heavy atom. The quantitative estimate of drug-likeness (QED) is 0.710. The summed E-state index contributed by atoms with van der Waals surface area (Å²) in [6, 6.07) is 12.0. The molecule has 0 radical (unpaired) electrons. The molecule has 0 aliphatic carbocycles. The summed E-state index contributed by atoms with van der Waals surface area (Å²) in [6.45, 7) is 6.56. The number of anilines is 2.